The summed E-state index contributed by atoms with van der Waals surface area (Å²) in [6, 6.07) is 15.6. The van der Waals surface area contributed by atoms with Crippen LogP contribution in [0.3, 0.4) is 0 Å². The van der Waals surface area contributed by atoms with E-state index in [2.05, 4.69) is 9.89 Å². The first-order valence-corrected chi connectivity index (χ1v) is 11.0. The molecular weight excluding hydrogens is 479 g/mol. The van der Waals surface area contributed by atoms with E-state index in [1.807, 2.05) is 13.8 Å². The number of nitrogens with zero attached hydrogens (tertiary/aromatic N) is 1. The van der Waals surface area contributed by atoms with E-state index in [-0.39, 0.29) is 18.1 Å². The van der Waals surface area contributed by atoms with Crippen LogP contribution in [-0.4, -0.2) is 28.2 Å². The van der Waals surface area contributed by atoms with E-state index >= 15 is 0 Å². The van der Waals surface area contributed by atoms with E-state index in [1.54, 1.807) is 36.4 Å². The van der Waals surface area contributed by atoms with Crippen LogP contribution < -0.4 is 14.2 Å². The predicted octanol–water partition coefficient (Wildman–Crippen LogP) is 6.60. The van der Waals surface area contributed by atoms with E-state index in [0.29, 0.717) is 39.5 Å². The predicted molar refractivity (Wildman–Crippen MR) is 122 cm³/mol. The number of alkyl halides is 3. The molecule has 0 fully saturated rings. The van der Waals surface area contributed by atoms with Crippen LogP contribution in [0.4, 0.5) is 13.2 Å². The van der Waals surface area contributed by atoms with Crippen molar-refractivity contribution < 1.29 is 41.8 Å². The summed E-state index contributed by atoms with van der Waals surface area (Å²) in [6.07, 6.45) is -4.54. The Morgan fingerprint density at radius 3 is 2.36 bits per heavy atom. The maximum atomic E-state index is 12.4. The molecule has 36 heavy (non-hydrogen) atoms. The van der Waals surface area contributed by atoms with E-state index < -0.39 is 17.9 Å². The van der Waals surface area contributed by atoms with Crippen molar-refractivity contribution in [3.05, 3.63) is 66.2 Å². The van der Waals surface area contributed by atoms with Gasteiger partial charge in [-0.1, -0.05) is 19.0 Å². The Kier molecular flexibility index (Phi) is 5.54. The number of halogens is 3. The third-order valence-electron chi connectivity index (χ3n) is 6.11. The number of carboxylic acids is 1. The van der Waals surface area contributed by atoms with Gasteiger partial charge in [0, 0.05) is 34.9 Å². The Hall–Kier alpha value is -4.21. The molecular formula is C26H20F3NO6. The molecule has 0 saturated heterocycles. The van der Waals surface area contributed by atoms with Crippen LogP contribution in [0.5, 0.6) is 23.0 Å². The smallest absolute Gasteiger partial charge is 0.478 e. The van der Waals surface area contributed by atoms with Crippen LogP contribution in [0.15, 0.2) is 65.2 Å². The van der Waals surface area contributed by atoms with Crippen LogP contribution in [0.25, 0.3) is 22.2 Å². The summed E-state index contributed by atoms with van der Waals surface area (Å²) >= 11 is 0. The number of hydrogen-bond acceptors (Lipinski definition) is 6. The third-order valence-corrected chi connectivity index (χ3v) is 6.11. The molecule has 1 N–H and O–H groups in total. The highest BCUT2D eigenvalue weighted by Crippen LogP contribution is 2.42. The molecule has 1 aliphatic heterocycles. The Balaban J connectivity index is 1.35. The van der Waals surface area contributed by atoms with Crippen molar-refractivity contribution in [3.63, 3.8) is 0 Å². The van der Waals surface area contributed by atoms with Gasteiger partial charge in [0.2, 0.25) is 5.60 Å². The summed E-state index contributed by atoms with van der Waals surface area (Å²) < 4.78 is 58.3. The molecule has 186 valence electrons. The lowest BCUT2D eigenvalue weighted by atomic mass is 9.86. The molecule has 4 aromatic rings. The SMILES string of the molecule is CC(C)[C@@]1(C(=O)O)Cc2cc(Oc3ccc4c(-c5ccc(OC(F)(F)F)cc5)noc4c3)ccc2O1. The quantitative estimate of drug-likeness (QED) is 0.320. The fourth-order valence-electron chi connectivity index (χ4n) is 4.20. The van der Waals surface area contributed by atoms with Crippen molar-refractivity contribution >= 4 is 16.9 Å². The van der Waals surface area contributed by atoms with Gasteiger partial charge in [0.05, 0.1) is 0 Å². The normalized spacial score (nSPS) is 17.2. The molecule has 0 aliphatic carbocycles. The van der Waals surface area contributed by atoms with E-state index in [9.17, 15) is 23.1 Å². The third kappa shape index (κ3) is 4.30. The maximum Gasteiger partial charge on any atom is 0.573 e. The van der Waals surface area contributed by atoms with Crippen LogP contribution in [-0.2, 0) is 11.2 Å². The molecule has 0 bridgehead atoms. The van der Waals surface area contributed by atoms with E-state index in [4.69, 9.17) is 14.0 Å². The fourth-order valence-corrected chi connectivity index (χ4v) is 4.20. The molecule has 7 nitrogen and oxygen atoms in total. The average molecular weight is 499 g/mol. The molecule has 1 atom stereocenters. The first kappa shape index (κ1) is 23.5. The number of carboxylic acid groups (broad SMARTS) is 1. The van der Waals surface area contributed by atoms with Gasteiger partial charge in [0.25, 0.3) is 0 Å². The summed E-state index contributed by atoms with van der Waals surface area (Å²) in [5, 5.41) is 14.4. The van der Waals surface area contributed by atoms with Crippen LogP contribution in [0, 0.1) is 5.92 Å². The maximum absolute atomic E-state index is 12.4. The zero-order chi connectivity index (χ0) is 25.7. The zero-order valence-corrected chi connectivity index (χ0v) is 19.1. The lowest BCUT2D eigenvalue weighted by molar-refractivity contribution is -0.274. The molecule has 0 amide bonds. The van der Waals surface area contributed by atoms with Crippen molar-refractivity contribution in [2.45, 2.75) is 32.2 Å². The van der Waals surface area contributed by atoms with Gasteiger partial charge in [-0.15, -0.1) is 13.2 Å². The van der Waals surface area contributed by atoms with Gasteiger partial charge in [-0.2, -0.15) is 0 Å². The second kappa shape index (κ2) is 8.47. The highest BCUT2D eigenvalue weighted by molar-refractivity contribution is 5.92. The first-order valence-electron chi connectivity index (χ1n) is 11.0. The molecule has 0 saturated carbocycles. The number of carbonyl (C=O) groups is 1. The minimum Gasteiger partial charge on any atom is -0.478 e. The van der Waals surface area contributed by atoms with E-state index in [0.717, 1.165) is 5.56 Å². The Morgan fingerprint density at radius 1 is 1.03 bits per heavy atom. The van der Waals surface area contributed by atoms with Gasteiger partial charge >= 0.3 is 12.3 Å². The molecule has 0 spiro atoms. The summed E-state index contributed by atoms with van der Waals surface area (Å²) in [6.45, 7) is 3.62. The number of benzene rings is 3. The number of aliphatic carboxylic acids is 1. The standard InChI is InChI=1S/C26H20F3NO6/c1-14(2)25(24(31)32)13-16-11-18(8-10-21(16)35-25)33-19-7-9-20-22(12-19)36-30-23(20)15-3-5-17(6-4-15)34-26(27,28)29/h3-12,14H,13H2,1-2H3,(H,31,32)/t25-/m1/s1. The van der Waals surface area contributed by atoms with Crippen molar-refractivity contribution in [3.8, 4) is 34.3 Å². The van der Waals surface area contributed by atoms with E-state index in [1.165, 1.54) is 24.3 Å². The molecule has 3 aromatic carbocycles. The number of ether oxygens (including phenoxy) is 3. The summed E-state index contributed by atoms with van der Waals surface area (Å²) in [5.74, 6) is -0.0923. The molecule has 0 unspecified atom stereocenters. The van der Waals surface area contributed by atoms with Crippen molar-refractivity contribution in [2.75, 3.05) is 0 Å². The Bertz CT molecular complexity index is 1440. The second-order valence-electron chi connectivity index (χ2n) is 8.76. The molecule has 1 aromatic heterocycles. The fraction of sp³-hybridized carbons (Fsp3) is 0.231. The van der Waals surface area contributed by atoms with Gasteiger partial charge in [-0.3, -0.25) is 0 Å². The van der Waals surface area contributed by atoms with Gasteiger partial charge in [-0.05, 0) is 54.6 Å². The molecule has 5 rings (SSSR count). The van der Waals surface area contributed by atoms with Gasteiger partial charge in [0.15, 0.2) is 5.58 Å². The zero-order valence-electron chi connectivity index (χ0n) is 19.1. The van der Waals surface area contributed by atoms with Crippen LogP contribution >= 0.6 is 0 Å². The summed E-state index contributed by atoms with van der Waals surface area (Å²) in [5.41, 5.74) is 0.871. The minimum atomic E-state index is -4.77. The lowest BCUT2D eigenvalue weighted by Gasteiger charge is -2.27. The van der Waals surface area contributed by atoms with Crippen molar-refractivity contribution in [1.82, 2.24) is 5.16 Å². The molecule has 2 heterocycles. The molecule has 1 aliphatic rings. The second-order valence-corrected chi connectivity index (χ2v) is 8.76. The lowest BCUT2D eigenvalue weighted by Crippen LogP contribution is -2.48. The van der Waals surface area contributed by atoms with Gasteiger partial charge in [-0.25, -0.2) is 4.79 Å². The molecule has 10 heteroatoms. The van der Waals surface area contributed by atoms with Crippen LogP contribution in [0.1, 0.15) is 19.4 Å². The topological polar surface area (TPSA) is 91.0 Å². The summed E-state index contributed by atoms with van der Waals surface area (Å²) in [7, 11) is 0. The first-order chi connectivity index (χ1) is 17.0. The Labute approximate surface area is 203 Å². The monoisotopic (exact) mass is 499 g/mol. The number of aromatic nitrogens is 1. The highest BCUT2D eigenvalue weighted by atomic mass is 19.4. The summed E-state index contributed by atoms with van der Waals surface area (Å²) in [4.78, 5) is 11.9. The Morgan fingerprint density at radius 2 is 1.69 bits per heavy atom. The number of fused-ring (bicyclic) bond motifs is 2. The average Bonchev–Trinajstić information content (AvgIpc) is 3.40. The number of hydrogen-bond donors (Lipinski definition) is 1. The van der Waals surface area contributed by atoms with Crippen molar-refractivity contribution in [1.29, 1.82) is 0 Å². The van der Waals surface area contributed by atoms with Gasteiger partial charge < -0.3 is 23.8 Å². The minimum absolute atomic E-state index is 0.226. The molecule has 0 radical (unpaired) electrons. The van der Waals surface area contributed by atoms with Crippen molar-refractivity contribution in [2.24, 2.45) is 5.92 Å². The van der Waals surface area contributed by atoms with Gasteiger partial charge in [0.1, 0.15) is 28.7 Å². The largest absolute Gasteiger partial charge is 0.573 e. The van der Waals surface area contributed by atoms with Crippen LogP contribution in [0.2, 0.25) is 0 Å². The number of rotatable bonds is 6. The highest BCUT2D eigenvalue weighted by Gasteiger charge is 2.49.